The van der Waals surface area contributed by atoms with Crippen LogP contribution in [0.5, 0.6) is 0 Å². The number of rotatable bonds is 7. The fourth-order valence-corrected chi connectivity index (χ4v) is 1.98. The topological polar surface area (TPSA) is 32.3 Å². The van der Waals surface area contributed by atoms with E-state index in [-0.39, 0.29) is 6.61 Å². The third kappa shape index (κ3) is 5.51. The van der Waals surface area contributed by atoms with Gasteiger partial charge in [-0.1, -0.05) is 13.3 Å². The van der Waals surface area contributed by atoms with Gasteiger partial charge in [0.2, 0.25) is 0 Å². The van der Waals surface area contributed by atoms with E-state index in [1.165, 1.54) is 12.1 Å². The van der Waals surface area contributed by atoms with Gasteiger partial charge in [-0.15, -0.1) is 0 Å². The summed E-state index contributed by atoms with van der Waals surface area (Å²) in [7, 11) is 0. The molecule has 0 aromatic heterocycles. The van der Waals surface area contributed by atoms with Crippen LogP contribution in [0.2, 0.25) is 0 Å². The van der Waals surface area contributed by atoms with Crippen molar-refractivity contribution in [2.45, 2.75) is 32.4 Å². The quantitative estimate of drug-likeness (QED) is 0.790. The van der Waals surface area contributed by atoms with Gasteiger partial charge in [0.25, 0.3) is 0 Å². The van der Waals surface area contributed by atoms with E-state index in [0.29, 0.717) is 24.6 Å². The first-order valence-corrected chi connectivity index (χ1v) is 6.49. The van der Waals surface area contributed by atoms with E-state index in [1.54, 1.807) is 0 Å². The monoisotopic (exact) mass is 275 g/mol. The van der Waals surface area contributed by atoms with Crippen LogP contribution in [-0.4, -0.2) is 18.3 Å². The van der Waals surface area contributed by atoms with Crippen LogP contribution in [0, 0.1) is 5.92 Å². The van der Waals surface area contributed by atoms with E-state index in [9.17, 15) is 13.2 Å². The van der Waals surface area contributed by atoms with Gasteiger partial charge in [-0.05, 0) is 43.0 Å². The molecule has 0 bridgehead atoms. The molecule has 19 heavy (non-hydrogen) atoms. The lowest BCUT2D eigenvalue weighted by atomic mass is 10.00. The molecule has 0 radical (unpaired) electrons. The number of aliphatic hydroxyl groups excluding tert-OH is 1. The summed E-state index contributed by atoms with van der Waals surface area (Å²) in [5.41, 5.74) is 0.0329. The van der Waals surface area contributed by atoms with Crippen molar-refractivity contribution in [1.29, 1.82) is 0 Å². The molecule has 0 amide bonds. The second-order valence-electron chi connectivity index (χ2n) is 4.62. The van der Waals surface area contributed by atoms with E-state index in [2.05, 4.69) is 12.2 Å². The van der Waals surface area contributed by atoms with Crippen molar-refractivity contribution in [2.24, 2.45) is 5.92 Å². The lowest BCUT2D eigenvalue weighted by Gasteiger charge is -2.17. The molecule has 0 fully saturated rings. The molecule has 1 aromatic rings. The number of hydrogen-bond acceptors (Lipinski definition) is 2. The summed E-state index contributed by atoms with van der Waals surface area (Å²) in [5, 5.41) is 12.0. The molecule has 108 valence electrons. The molecule has 0 aliphatic rings. The molecule has 0 saturated heterocycles. The fraction of sp³-hybridized carbons (Fsp3) is 0.571. The van der Waals surface area contributed by atoms with Crippen molar-refractivity contribution in [1.82, 2.24) is 0 Å². The number of nitrogens with one attached hydrogen (secondary N) is 1. The van der Waals surface area contributed by atoms with E-state index in [4.69, 9.17) is 5.11 Å². The number of hydrogen-bond donors (Lipinski definition) is 2. The first kappa shape index (κ1) is 15.8. The van der Waals surface area contributed by atoms with Gasteiger partial charge in [0.15, 0.2) is 0 Å². The van der Waals surface area contributed by atoms with Crippen LogP contribution >= 0.6 is 0 Å². The summed E-state index contributed by atoms with van der Waals surface area (Å²) in [6.07, 6.45) is -1.56. The van der Waals surface area contributed by atoms with Crippen molar-refractivity contribution in [3.63, 3.8) is 0 Å². The van der Waals surface area contributed by atoms with Gasteiger partial charge in [-0.2, -0.15) is 13.2 Å². The predicted molar refractivity (Wildman–Crippen MR) is 70.0 cm³/mol. The highest BCUT2D eigenvalue weighted by molar-refractivity contribution is 5.45. The number of aliphatic hydroxyl groups is 1. The fourth-order valence-electron chi connectivity index (χ4n) is 1.98. The van der Waals surface area contributed by atoms with Crippen LogP contribution in [-0.2, 0) is 6.18 Å². The first-order chi connectivity index (χ1) is 8.97. The zero-order valence-corrected chi connectivity index (χ0v) is 11.0. The van der Waals surface area contributed by atoms with Crippen LogP contribution in [0.4, 0.5) is 18.9 Å². The first-order valence-electron chi connectivity index (χ1n) is 6.49. The van der Waals surface area contributed by atoms with Crippen molar-refractivity contribution in [2.75, 3.05) is 18.5 Å². The van der Waals surface area contributed by atoms with Crippen LogP contribution in [0.25, 0.3) is 0 Å². The van der Waals surface area contributed by atoms with Crippen LogP contribution < -0.4 is 5.32 Å². The summed E-state index contributed by atoms with van der Waals surface area (Å²) in [6.45, 7) is 2.88. The molecule has 1 unspecified atom stereocenters. The highest BCUT2D eigenvalue weighted by Crippen LogP contribution is 2.29. The van der Waals surface area contributed by atoms with Crippen molar-refractivity contribution >= 4 is 5.69 Å². The Hall–Kier alpha value is -1.23. The smallest absolute Gasteiger partial charge is 0.396 e. The van der Waals surface area contributed by atoms with E-state index < -0.39 is 11.7 Å². The van der Waals surface area contributed by atoms with Gasteiger partial charge >= 0.3 is 6.18 Å². The normalized spacial score (nSPS) is 13.3. The number of alkyl halides is 3. The largest absolute Gasteiger partial charge is 0.416 e. The second-order valence-corrected chi connectivity index (χ2v) is 4.62. The summed E-state index contributed by atoms with van der Waals surface area (Å²) >= 11 is 0. The number of anilines is 1. The van der Waals surface area contributed by atoms with Gasteiger partial charge in [-0.25, -0.2) is 0 Å². The summed E-state index contributed by atoms with van der Waals surface area (Å²) in [6, 6.07) is 5.02. The summed E-state index contributed by atoms with van der Waals surface area (Å²) < 4.78 is 37.2. The SMILES string of the molecule is CCCC(CCO)CNc1ccc(C(F)(F)F)cc1. The minimum atomic E-state index is -4.29. The van der Waals surface area contributed by atoms with Crippen molar-refractivity contribution < 1.29 is 18.3 Å². The van der Waals surface area contributed by atoms with Gasteiger partial charge in [-0.3, -0.25) is 0 Å². The molecule has 1 aromatic carbocycles. The van der Waals surface area contributed by atoms with Crippen LogP contribution in [0.3, 0.4) is 0 Å². The maximum Gasteiger partial charge on any atom is 0.416 e. The Morgan fingerprint density at radius 2 is 1.79 bits per heavy atom. The minimum absolute atomic E-state index is 0.138. The Kier molecular flexibility index (Phi) is 6.15. The van der Waals surface area contributed by atoms with Gasteiger partial charge in [0.05, 0.1) is 5.56 Å². The van der Waals surface area contributed by atoms with Crippen molar-refractivity contribution in [3.05, 3.63) is 29.8 Å². The summed E-state index contributed by atoms with van der Waals surface area (Å²) in [5.74, 6) is 0.345. The molecule has 0 heterocycles. The van der Waals surface area contributed by atoms with Crippen LogP contribution in [0.1, 0.15) is 31.7 Å². The molecule has 5 heteroatoms. The molecular weight excluding hydrogens is 255 g/mol. The average Bonchev–Trinajstić information content (AvgIpc) is 2.36. The third-order valence-corrected chi connectivity index (χ3v) is 3.04. The van der Waals surface area contributed by atoms with E-state index in [1.807, 2.05) is 0 Å². The molecule has 1 atom stereocenters. The average molecular weight is 275 g/mol. The Labute approximate surface area is 111 Å². The van der Waals surface area contributed by atoms with Gasteiger partial charge in [0.1, 0.15) is 0 Å². The zero-order valence-electron chi connectivity index (χ0n) is 11.0. The predicted octanol–water partition coefficient (Wildman–Crippen LogP) is 3.92. The Morgan fingerprint density at radius 3 is 2.26 bits per heavy atom. The molecule has 2 N–H and O–H groups in total. The molecule has 2 nitrogen and oxygen atoms in total. The number of benzene rings is 1. The second kappa shape index (κ2) is 7.38. The molecule has 0 spiro atoms. The van der Waals surface area contributed by atoms with E-state index in [0.717, 1.165) is 25.0 Å². The van der Waals surface area contributed by atoms with Gasteiger partial charge in [0, 0.05) is 18.8 Å². The van der Waals surface area contributed by atoms with E-state index >= 15 is 0 Å². The Morgan fingerprint density at radius 1 is 1.16 bits per heavy atom. The number of halogens is 3. The molecular formula is C14H20F3NO. The highest BCUT2D eigenvalue weighted by atomic mass is 19.4. The standard InChI is InChI=1S/C14H20F3NO/c1-2-3-11(8-9-19)10-18-13-6-4-12(5-7-13)14(15,16)17/h4-7,11,18-19H,2-3,8-10H2,1H3. The lowest BCUT2D eigenvalue weighted by Crippen LogP contribution is -2.15. The third-order valence-electron chi connectivity index (χ3n) is 3.04. The summed E-state index contributed by atoms with van der Waals surface area (Å²) in [4.78, 5) is 0. The van der Waals surface area contributed by atoms with Gasteiger partial charge < -0.3 is 10.4 Å². The Balaban J connectivity index is 2.53. The molecule has 0 aliphatic heterocycles. The Bertz CT molecular complexity index is 356. The molecule has 0 saturated carbocycles. The zero-order chi connectivity index (χ0) is 14.3. The highest BCUT2D eigenvalue weighted by Gasteiger charge is 2.29. The molecule has 0 aliphatic carbocycles. The maximum atomic E-state index is 12.4. The van der Waals surface area contributed by atoms with Crippen molar-refractivity contribution in [3.8, 4) is 0 Å². The van der Waals surface area contributed by atoms with Crippen LogP contribution in [0.15, 0.2) is 24.3 Å². The molecule has 1 rings (SSSR count). The lowest BCUT2D eigenvalue weighted by molar-refractivity contribution is -0.137. The minimum Gasteiger partial charge on any atom is -0.396 e. The maximum absolute atomic E-state index is 12.4.